The standard InChI is InChI=1S/C25H20N4O3S/c1-14-5-10-18-17(12-14)21-20(23(32-18)15-6-8-16(9-7-15)24(30)31-2)22(19-4-3-11-33-19)29-25(28-21)26-13-27-29/h3-13,22-23H,1-2H3,(H,26,27,28)/t22-,23+/m1/s1. The van der Waals surface area contributed by atoms with E-state index in [1.165, 1.54) is 7.11 Å². The fraction of sp³-hybridized carbons (Fsp3) is 0.160. The average molecular weight is 457 g/mol. The topological polar surface area (TPSA) is 78.3 Å². The van der Waals surface area contributed by atoms with Gasteiger partial charge in [0.15, 0.2) is 0 Å². The summed E-state index contributed by atoms with van der Waals surface area (Å²) in [6, 6.07) is 17.5. The summed E-state index contributed by atoms with van der Waals surface area (Å²) in [5.74, 6) is 1.13. The second-order valence-corrected chi connectivity index (χ2v) is 8.99. The molecule has 0 fully saturated rings. The molecular formula is C25H20N4O3S. The van der Waals surface area contributed by atoms with Gasteiger partial charge < -0.3 is 14.8 Å². The van der Waals surface area contributed by atoms with E-state index in [1.807, 2.05) is 35.0 Å². The van der Waals surface area contributed by atoms with Crippen LogP contribution in [0.15, 0.2) is 71.9 Å². The lowest BCUT2D eigenvalue weighted by atomic mass is 9.86. The van der Waals surface area contributed by atoms with E-state index in [9.17, 15) is 4.79 Å². The smallest absolute Gasteiger partial charge is 0.337 e. The summed E-state index contributed by atoms with van der Waals surface area (Å²) in [6.45, 7) is 2.07. The van der Waals surface area contributed by atoms with Gasteiger partial charge in [-0.2, -0.15) is 10.1 Å². The highest BCUT2D eigenvalue weighted by Crippen LogP contribution is 2.51. The molecule has 2 aromatic heterocycles. The number of hydrogen-bond donors (Lipinski definition) is 1. The van der Waals surface area contributed by atoms with Gasteiger partial charge in [0.25, 0.3) is 0 Å². The maximum atomic E-state index is 11.9. The Morgan fingerprint density at radius 3 is 2.79 bits per heavy atom. The molecule has 0 aliphatic carbocycles. The number of methoxy groups -OCH3 is 1. The number of anilines is 1. The number of thiophene rings is 1. The summed E-state index contributed by atoms with van der Waals surface area (Å²) in [5, 5.41) is 10.1. The number of carbonyl (C=O) groups excluding carboxylic acids is 1. The molecule has 0 unspecified atom stereocenters. The molecule has 4 aromatic rings. The van der Waals surface area contributed by atoms with Crippen LogP contribution >= 0.6 is 11.3 Å². The minimum Gasteiger partial charge on any atom is -0.480 e. The summed E-state index contributed by atoms with van der Waals surface area (Å²) in [7, 11) is 1.38. The highest BCUT2D eigenvalue weighted by Gasteiger charge is 2.41. The number of rotatable bonds is 3. The number of aryl methyl sites for hydroxylation is 1. The Morgan fingerprint density at radius 1 is 1.18 bits per heavy atom. The summed E-state index contributed by atoms with van der Waals surface area (Å²) in [5.41, 5.74) is 5.63. The molecule has 0 saturated carbocycles. The van der Waals surface area contributed by atoms with Crippen molar-refractivity contribution in [3.05, 3.63) is 99.0 Å². The number of hydrogen-bond acceptors (Lipinski definition) is 7. The molecule has 2 aliphatic heterocycles. The van der Waals surface area contributed by atoms with Crippen LogP contribution in [0.4, 0.5) is 5.95 Å². The van der Waals surface area contributed by atoms with E-state index in [-0.39, 0.29) is 18.1 Å². The zero-order chi connectivity index (χ0) is 22.5. The number of nitrogens with zero attached hydrogens (tertiary/aromatic N) is 3. The highest BCUT2D eigenvalue weighted by atomic mass is 32.1. The van der Waals surface area contributed by atoms with Gasteiger partial charge >= 0.3 is 5.97 Å². The van der Waals surface area contributed by atoms with Gasteiger partial charge in [0.2, 0.25) is 5.95 Å². The van der Waals surface area contributed by atoms with Crippen molar-refractivity contribution in [1.82, 2.24) is 14.8 Å². The summed E-state index contributed by atoms with van der Waals surface area (Å²) in [4.78, 5) is 17.6. The molecule has 33 heavy (non-hydrogen) atoms. The van der Waals surface area contributed by atoms with E-state index < -0.39 is 0 Å². The molecular weight excluding hydrogens is 436 g/mol. The Hall–Kier alpha value is -3.91. The quantitative estimate of drug-likeness (QED) is 0.438. The molecule has 6 rings (SSSR count). The van der Waals surface area contributed by atoms with Crippen LogP contribution in [0, 0.1) is 6.92 Å². The van der Waals surface area contributed by atoms with Crippen LogP contribution in [0.5, 0.6) is 5.75 Å². The Balaban J connectivity index is 1.57. The SMILES string of the molecule is COC(=O)c1ccc([C@@H]2Oc3ccc(C)cc3C3=C2[C@@H](c2cccs2)n2ncnc2N3)cc1. The molecule has 0 saturated heterocycles. The number of carbonyl (C=O) groups is 1. The average Bonchev–Trinajstić information content (AvgIpc) is 3.54. The Bertz CT molecular complexity index is 1390. The van der Waals surface area contributed by atoms with E-state index in [1.54, 1.807) is 29.8 Å². The first kappa shape index (κ1) is 19.8. The van der Waals surface area contributed by atoms with E-state index in [0.29, 0.717) is 11.5 Å². The van der Waals surface area contributed by atoms with Crippen LogP contribution in [0.2, 0.25) is 0 Å². The number of fused-ring (bicyclic) bond motifs is 3. The van der Waals surface area contributed by atoms with E-state index >= 15 is 0 Å². The molecule has 2 aromatic carbocycles. The van der Waals surface area contributed by atoms with Crippen LogP contribution in [0.1, 0.15) is 44.1 Å². The van der Waals surface area contributed by atoms with Crippen molar-refractivity contribution >= 4 is 29.0 Å². The monoisotopic (exact) mass is 456 g/mol. The molecule has 0 spiro atoms. The van der Waals surface area contributed by atoms with Gasteiger partial charge in [-0.15, -0.1) is 11.3 Å². The van der Waals surface area contributed by atoms with Gasteiger partial charge in [0.1, 0.15) is 24.2 Å². The van der Waals surface area contributed by atoms with Gasteiger partial charge in [0.05, 0.1) is 18.4 Å². The Labute approximate surface area is 194 Å². The number of esters is 1. The Kier molecular flexibility index (Phi) is 4.55. The molecule has 7 nitrogen and oxygen atoms in total. The van der Waals surface area contributed by atoms with Crippen molar-refractivity contribution < 1.29 is 14.3 Å². The third-order valence-corrected chi connectivity index (χ3v) is 6.94. The van der Waals surface area contributed by atoms with Crippen LogP contribution in [0.25, 0.3) is 5.70 Å². The molecule has 2 atom stereocenters. The fourth-order valence-corrected chi connectivity index (χ4v) is 5.32. The second kappa shape index (κ2) is 7.60. The summed E-state index contributed by atoms with van der Waals surface area (Å²) in [6.07, 6.45) is 1.19. The molecule has 8 heteroatoms. The predicted molar refractivity (Wildman–Crippen MR) is 125 cm³/mol. The fourth-order valence-electron chi connectivity index (χ4n) is 4.49. The minimum absolute atomic E-state index is 0.169. The third kappa shape index (κ3) is 3.14. The van der Waals surface area contributed by atoms with E-state index in [2.05, 4.69) is 39.8 Å². The molecule has 164 valence electrons. The minimum atomic E-state index is -0.376. The first-order valence-electron chi connectivity index (χ1n) is 10.5. The summed E-state index contributed by atoms with van der Waals surface area (Å²) >= 11 is 1.68. The number of nitrogens with one attached hydrogen (secondary N) is 1. The maximum Gasteiger partial charge on any atom is 0.337 e. The van der Waals surface area contributed by atoms with Crippen LogP contribution in [0.3, 0.4) is 0 Å². The van der Waals surface area contributed by atoms with Gasteiger partial charge in [0, 0.05) is 16.0 Å². The molecule has 2 aliphatic rings. The maximum absolute atomic E-state index is 11.9. The molecule has 1 N–H and O–H groups in total. The first-order valence-corrected chi connectivity index (χ1v) is 11.4. The van der Waals surface area contributed by atoms with Crippen LogP contribution < -0.4 is 10.1 Å². The predicted octanol–water partition coefficient (Wildman–Crippen LogP) is 4.99. The first-order chi connectivity index (χ1) is 16.1. The lowest BCUT2D eigenvalue weighted by molar-refractivity contribution is 0.0600. The molecule has 0 amide bonds. The normalized spacial score (nSPS) is 18.5. The van der Waals surface area contributed by atoms with Crippen LogP contribution in [-0.2, 0) is 4.74 Å². The van der Waals surface area contributed by atoms with Gasteiger partial charge in [-0.05, 0) is 48.2 Å². The lowest BCUT2D eigenvalue weighted by Gasteiger charge is -2.38. The van der Waals surface area contributed by atoms with Crippen molar-refractivity contribution in [2.24, 2.45) is 0 Å². The Morgan fingerprint density at radius 2 is 2.03 bits per heavy atom. The van der Waals surface area contributed by atoms with Gasteiger partial charge in [-0.3, -0.25) is 0 Å². The van der Waals surface area contributed by atoms with Crippen molar-refractivity contribution in [1.29, 1.82) is 0 Å². The molecule has 0 bridgehead atoms. The number of benzene rings is 2. The van der Waals surface area contributed by atoms with Crippen molar-refractivity contribution in [3.63, 3.8) is 0 Å². The van der Waals surface area contributed by atoms with Crippen LogP contribution in [-0.4, -0.2) is 27.8 Å². The molecule has 4 heterocycles. The van der Waals surface area contributed by atoms with E-state index in [0.717, 1.165) is 38.6 Å². The largest absolute Gasteiger partial charge is 0.480 e. The summed E-state index contributed by atoms with van der Waals surface area (Å²) < 4.78 is 13.4. The van der Waals surface area contributed by atoms with Gasteiger partial charge in [-0.1, -0.05) is 29.8 Å². The van der Waals surface area contributed by atoms with Crippen molar-refractivity contribution in [2.75, 3.05) is 12.4 Å². The zero-order valence-corrected chi connectivity index (χ0v) is 18.8. The lowest BCUT2D eigenvalue weighted by Crippen LogP contribution is -2.32. The molecule has 0 radical (unpaired) electrons. The number of aromatic nitrogens is 3. The second-order valence-electron chi connectivity index (χ2n) is 8.01. The van der Waals surface area contributed by atoms with E-state index in [4.69, 9.17) is 9.47 Å². The van der Waals surface area contributed by atoms with Crippen molar-refractivity contribution in [2.45, 2.75) is 19.1 Å². The third-order valence-electron chi connectivity index (χ3n) is 6.02. The zero-order valence-electron chi connectivity index (χ0n) is 18.0. The highest BCUT2D eigenvalue weighted by molar-refractivity contribution is 7.10. The van der Waals surface area contributed by atoms with Gasteiger partial charge in [-0.25, -0.2) is 9.48 Å². The number of ether oxygens (including phenoxy) is 2. The van der Waals surface area contributed by atoms with Crippen molar-refractivity contribution in [3.8, 4) is 5.75 Å².